The molecule has 0 spiro atoms. The second-order valence-electron chi connectivity index (χ2n) is 6.15. The molecule has 0 saturated heterocycles. The molecule has 0 saturated carbocycles. The van der Waals surface area contributed by atoms with Gasteiger partial charge in [0.2, 0.25) is 5.95 Å². The third kappa shape index (κ3) is 5.09. The van der Waals surface area contributed by atoms with Crippen molar-refractivity contribution in [2.75, 3.05) is 10.6 Å². The topological polar surface area (TPSA) is 72.0 Å². The molecule has 0 aliphatic heterocycles. The van der Waals surface area contributed by atoms with E-state index in [-0.39, 0.29) is 23.6 Å². The Morgan fingerprint density at radius 3 is 2.36 bits per heavy atom. The second kappa shape index (κ2) is 8.12. The van der Waals surface area contributed by atoms with Gasteiger partial charge in [0.05, 0.1) is 23.6 Å². The molecule has 2 N–H and O–H groups in total. The average molecular weight is 389 g/mol. The molecule has 2 aromatic carbocycles. The summed E-state index contributed by atoms with van der Waals surface area (Å²) in [5.41, 5.74) is -0.216. The number of benzene rings is 2. The van der Waals surface area contributed by atoms with Gasteiger partial charge in [0.15, 0.2) is 5.82 Å². The lowest BCUT2D eigenvalue weighted by molar-refractivity contribution is -0.136. The predicted octanol–water partition coefficient (Wildman–Crippen LogP) is 5.16. The molecule has 0 radical (unpaired) electrons. The van der Waals surface area contributed by atoms with Crippen molar-refractivity contribution in [2.45, 2.75) is 26.1 Å². The first-order valence-electron chi connectivity index (χ1n) is 8.48. The fourth-order valence-corrected chi connectivity index (χ4v) is 2.41. The molecule has 0 aliphatic carbocycles. The molecule has 6 nitrogen and oxygen atoms in total. The number of para-hydroxylation sites is 1. The van der Waals surface area contributed by atoms with Crippen molar-refractivity contribution in [3.63, 3.8) is 0 Å². The first kappa shape index (κ1) is 19.4. The van der Waals surface area contributed by atoms with E-state index in [1.54, 1.807) is 24.3 Å². The standard InChI is InChI=1S/C19H18F3N5O/c1-12(2)28-14-9-7-13(8-10-14)24-18-26-17(11-23-27-18)25-16-6-4-3-5-15(16)19(20,21)22/h3-12H,1-2H3,(H2,24,25,26,27). The molecule has 0 fully saturated rings. The molecule has 3 aromatic rings. The van der Waals surface area contributed by atoms with Crippen molar-refractivity contribution in [2.24, 2.45) is 0 Å². The molecule has 0 aliphatic rings. The minimum absolute atomic E-state index is 0.0636. The molecule has 1 aromatic heterocycles. The highest BCUT2D eigenvalue weighted by molar-refractivity contribution is 5.62. The lowest BCUT2D eigenvalue weighted by atomic mass is 10.1. The van der Waals surface area contributed by atoms with Gasteiger partial charge in [-0.2, -0.15) is 23.3 Å². The van der Waals surface area contributed by atoms with Gasteiger partial charge >= 0.3 is 6.18 Å². The number of anilines is 4. The Morgan fingerprint density at radius 1 is 0.964 bits per heavy atom. The summed E-state index contributed by atoms with van der Waals surface area (Å²) in [5, 5.41) is 13.2. The van der Waals surface area contributed by atoms with Crippen molar-refractivity contribution in [1.82, 2.24) is 15.2 Å². The monoisotopic (exact) mass is 389 g/mol. The molecule has 0 unspecified atom stereocenters. The molecule has 146 valence electrons. The zero-order valence-corrected chi connectivity index (χ0v) is 15.2. The summed E-state index contributed by atoms with van der Waals surface area (Å²) in [6.07, 6.45) is -3.17. The molecule has 0 atom stereocenters. The Hall–Kier alpha value is -3.36. The number of nitrogens with one attached hydrogen (secondary N) is 2. The van der Waals surface area contributed by atoms with Crippen LogP contribution in [0.2, 0.25) is 0 Å². The number of ether oxygens (including phenoxy) is 1. The van der Waals surface area contributed by atoms with Crippen LogP contribution in [0.25, 0.3) is 0 Å². The van der Waals surface area contributed by atoms with Gasteiger partial charge in [-0.15, -0.1) is 5.10 Å². The van der Waals surface area contributed by atoms with Crippen LogP contribution in [-0.2, 0) is 6.18 Å². The van der Waals surface area contributed by atoms with Gasteiger partial charge in [-0.25, -0.2) is 0 Å². The van der Waals surface area contributed by atoms with Gasteiger partial charge in [0.25, 0.3) is 0 Å². The predicted molar refractivity (Wildman–Crippen MR) is 100 cm³/mol. The van der Waals surface area contributed by atoms with E-state index in [1.807, 2.05) is 13.8 Å². The highest BCUT2D eigenvalue weighted by Gasteiger charge is 2.33. The van der Waals surface area contributed by atoms with Gasteiger partial charge in [0.1, 0.15) is 5.75 Å². The van der Waals surface area contributed by atoms with E-state index in [9.17, 15) is 13.2 Å². The summed E-state index contributed by atoms with van der Waals surface area (Å²) in [6.45, 7) is 3.86. The number of aromatic nitrogens is 3. The summed E-state index contributed by atoms with van der Waals surface area (Å²) in [4.78, 5) is 4.16. The highest BCUT2D eigenvalue weighted by Crippen LogP contribution is 2.35. The molecule has 3 rings (SSSR count). The van der Waals surface area contributed by atoms with E-state index in [0.29, 0.717) is 5.69 Å². The van der Waals surface area contributed by atoms with E-state index in [1.165, 1.54) is 24.4 Å². The third-order valence-corrected chi connectivity index (χ3v) is 3.54. The number of hydrogen-bond acceptors (Lipinski definition) is 6. The minimum Gasteiger partial charge on any atom is -0.491 e. The van der Waals surface area contributed by atoms with Crippen molar-refractivity contribution < 1.29 is 17.9 Å². The minimum atomic E-state index is -4.48. The maximum absolute atomic E-state index is 13.1. The van der Waals surface area contributed by atoms with E-state index in [2.05, 4.69) is 25.8 Å². The molecule has 0 bridgehead atoms. The van der Waals surface area contributed by atoms with Crippen molar-refractivity contribution in [3.05, 3.63) is 60.3 Å². The maximum Gasteiger partial charge on any atom is 0.418 e. The van der Waals surface area contributed by atoms with Crippen molar-refractivity contribution in [1.29, 1.82) is 0 Å². The highest BCUT2D eigenvalue weighted by atomic mass is 19.4. The molecular weight excluding hydrogens is 371 g/mol. The molecule has 28 heavy (non-hydrogen) atoms. The third-order valence-electron chi connectivity index (χ3n) is 3.54. The normalized spacial score (nSPS) is 11.4. The lowest BCUT2D eigenvalue weighted by Gasteiger charge is -2.14. The summed E-state index contributed by atoms with van der Waals surface area (Å²) < 4.78 is 44.9. The van der Waals surface area contributed by atoms with Gasteiger partial charge in [0, 0.05) is 5.69 Å². The number of hydrogen-bond donors (Lipinski definition) is 2. The van der Waals surface area contributed by atoms with Crippen LogP contribution >= 0.6 is 0 Å². The van der Waals surface area contributed by atoms with E-state index < -0.39 is 11.7 Å². The average Bonchev–Trinajstić information content (AvgIpc) is 2.63. The summed E-state index contributed by atoms with van der Waals surface area (Å²) >= 11 is 0. The van der Waals surface area contributed by atoms with E-state index in [0.717, 1.165) is 11.8 Å². The Bertz CT molecular complexity index is 929. The zero-order valence-electron chi connectivity index (χ0n) is 15.2. The number of halogens is 3. The zero-order chi connectivity index (χ0) is 20.1. The van der Waals surface area contributed by atoms with Crippen molar-refractivity contribution in [3.8, 4) is 5.75 Å². The first-order chi connectivity index (χ1) is 13.3. The van der Waals surface area contributed by atoms with Gasteiger partial charge in [-0.05, 0) is 50.2 Å². The Morgan fingerprint density at radius 2 is 1.68 bits per heavy atom. The Kier molecular flexibility index (Phi) is 5.62. The van der Waals surface area contributed by atoms with E-state index >= 15 is 0 Å². The van der Waals surface area contributed by atoms with Crippen LogP contribution in [0.1, 0.15) is 19.4 Å². The van der Waals surface area contributed by atoms with Gasteiger partial charge < -0.3 is 15.4 Å². The fourth-order valence-electron chi connectivity index (χ4n) is 2.41. The van der Waals surface area contributed by atoms with Crippen LogP contribution in [0.15, 0.2) is 54.7 Å². The number of rotatable bonds is 6. The molecule has 0 amide bonds. The SMILES string of the molecule is CC(C)Oc1ccc(Nc2nncc(Nc3ccccc3C(F)(F)F)n2)cc1. The van der Waals surface area contributed by atoms with Gasteiger partial charge in [-0.3, -0.25) is 0 Å². The van der Waals surface area contributed by atoms with Crippen LogP contribution in [0.4, 0.5) is 36.3 Å². The summed E-state index contributed by atoms with van der Waals surface area (Å²) in [7, 11) is 0. The lowest BCUT2D eigenvalue weighted by Crippen LogP contribution is -2.09. The maximum atomic E-state index is 13.1. The Labute approximate surface area is 159 Å². The number of alkyl halides is 3. The number of nitrogens with zero attached hydrogens (tertiary/aromatic N) is 3. The largest absolute Gasteiger partial charge is 0.491 e. The molecular formula is C19H18F3N5O. The van der Waals surface area contributed by atoms with Crippen LogP contribution in [0.3, 0.4) is 0 Å². The van der Waals surface area contributed by atoms with Crippen LogP contribution in [0.5, 0.6) is 5.75 Å². The van der Waals surface area contributed by atoms with Crippen molar-refractivity contribution >= 4 is 23.1 Å². The second-order valence-corrected chi connectivity index (χ2v) is 6.15. The smallest absolute Gasteiger partial charge is 0.418 e. The fraction of sp³-hybridized carbons (Fsp3) is 0.211. The first-order valence-corrected chi connectivity index (χ1v) is 8.48. The molecule has 9 heteroatoms. The quantitative estimate of drug-likeness (QED) is 0.606. The summed E-state index contributed by atoms with van der Waals surface area (Å²) in [6, 6.07) is 12.3. The molecule has 1 heterocycles. The Balaban J connectivity index is 1.75. The summed E-state index contributed by atoms with van der Waals surface area (Å²) in [5.74, 6) is 1.000. The van der Waals surface area contributed by atoms with Crippen LogP contribution in [-0.4, -0.2) is 21.3 Å². The van der Waals surface area contributed by atoms with Crippen LogP contribution < -0.4 is 15.4 Å². The van der Waals surface area contributed by atoms with Crippen LogP contribution in [0, 0.1) is 0 Å². The van der Waals surface area contributed by atoms with E-state index in [4.69, 9.17) is 4.74 Å². The van der Waals surface area contributed by atoms with Gasteiger partial charge in [-0.1, -0.05) is 12.1 Å².